The van der Waals surface area contributed by atoms with Crippen LogP contribution in [0.2, 0.25) is 0 Å². The zero-order chi connectivity index (χ0) is 18.4. The van der Waals surface area contributed by atoms with E-state index in [0.717, 1.165) is 45.1 Å². The molecule has 1 unspecified atom stereocenters. The number of nitrogens with two attached hydrogens (primary N) is 1. The summed E-state index contributed by atoms with van der Waals surface area (Å²) in [4.78, 5) is 4.06. The summed E-state index contributed by atoms with van der Waals surface area (Å²) in [5, 5.41) is 1.03. The highest BCUT2D eigenvalue weighted by Crippen LogP contribution is 2.34. The first-order valence-corrected chi connectivity index (χ1v) is 9.71. The number of nitrogens with zero attached hydrogens (tertiary/aromatic N) is 1. The van der Waals surface area contributed by atoms with Crippen molar-refractivity contribution in [3.05, 3.63) is 59.6 Å². The maximum Gasteiger partial charge on any atom is 0.149 e. The number of hydrogen-bond acceptors (Lipinski definition) is 5. The van der Waals surface area contributed by atoms with Gasteiger partial charge in [-0.3, -0.25) is 4.98 Å². The SMILES string of the molecule is CCSCc1oc2cccc(OCC#CC(N)c3cccnc3)c2c1C. The van der Waals surface area contributed by atoms with E-state index in [1.54, 1.807) is 12.4 Å². The van der Waals surface area contributed by atoms with Gasteiger partial charge in [-0.1, -0.05) is 30.9 Å². The molecule has 2 aromatic heterocycles. The largest absolute Gasteiger partial charge is 0.480 e. The highest BCUT2D eigenvalue weighted by Gasteiger charge is 2.14. The summed E-state index contributed by atoms with van der Waals surface area (Å²) in [5.74, 6) is 9.73. The van der Waals surface area contributed by atoms with Crippen LogP contribution in [0.5, 0.6) is 5.75 Å². The number of furan rings is 1. The highest BCUT2D eigenvalue weighted by atomic mass is 32.2. The van der Waals surface area contributed by atoms with Gasteiger partial charge in [0.1, 0.15) is 23.7 Å². The molecule has 0 bridgehead atoms. The molecule has 0 aliphatic rings. The minimum Gasteiger partial charge on any atom is -0.480 e. The first kappa shape index (κ1) is 18.4. The summed E-state index contributed by atoms with van der Waals surface area (Å²) in [6.45, 7) is 4.50. The maximum atomic E-state index is 6.05. The summed E-state index contributed by atoms with van der Waals surface area (Å²) in [5.41, 5.74) is 8.94. The third-order valence-electron chi connectivity index (χ3n) is 4.05. The third-order valence-corrected chi connectivity index (χ3v) is 4.93. The van der Waals surface area contributed by atoms with Crippen LogP contribution in [0.4, 0.5) is 0 Å². The second kappa shape index (κ2) is 8.79. The van der Waals surface area contributed by atoms with Crippen molar-refractivity contribution < 1.29 is 9.15 Å². The van der Waals surface area contributed by atoms with E-state index in [1.165, 1.54) is 0 Å². The van der Waals surface area contributed by atoms with Gasteiger partial charge in [0.15, 0.2) is 0 Å². The Kier molecular flexibility index (Phi) is 6.21. The molecule has 0 aliphatic carbocycles. The van der Waals surface area contributed by atoms with E-state index < -0.39 is 0 Å². The fraction of sp³-hybridized carbons (Fsp3) is 0.286. The molecule has 134 valence electrons. The Labute approximate surface area is 158 Å². The van der Waals surface area contributed by atoms with Crippen LogP contribution >= 0.6 is 11.8 Å². The Hall–Kier alpha value is -2.42. The van der Waals surface area contributed by atoms with E-state index in [1.807, 2.05) is 42.1 Å². The van der Waals surface area contributed by atoms with E-state index in [4.69, 9.17) is 14.9 Å². The van der Waals surface area contributed by atoms with E-state index >= 15 is 0 Å². The lowest BCUT2D eigenvalue weighted by Gasteiger charge is -2.05. The number of hydrogen-bond donors (Lipinski definition) is 1. The molecule has 0 saturated heterocycles. The highest BCUT2D eigenvalue weighted by molar-refractivity contribution is 7.98. The molecular weight excluding hydrogens is 344 g/mol. The predicted molar refractivity (Wildman–Crippen MR) is 107 cm³/mol. The lowest BCUT2D eigenvalue weighted by atomic mass is 10.1. The molecule has 1 aromatic carbocycles. The maximum absolute atomic E-state index is 6.05. The van der Waals surface area contributed by atoms with E-state index in [-0.39, 0.29) is 12.6 Å². The minimum atomic E-state index is -0.364. The normalized spacial score (nSPS) is 11.8. The van der Waals surface area contributed by atoms with E-state index in [9.17, 15) is 0 Å². The van der Waals surface area contributed by atoms with Crippen LogP contribution in [0.1, 0.15) is 29.9 Å². The number of ether oxygens (including phenoxy) is 1. The van der Waals surface area contributed by atoms with Crippen molar-refractivity contribution >= 4 is 22.7 Å². The van der Waals surface area contributed by atoms with E-state index in [2.05, 4.69) is 30.7 Å². The van der Waals surface area contributed by atoms with Crippen molar-refractivity contribution in [1.82, 2.24) is 4.98 Å². The van der Waals surface area contributed by atoms with Gasteiger partial charge < -0.3 is 14.9 Å². The number of pyridine rings is 1. The van der Waals surface area contributed by atoms with Crippen molar-refractivity contribution in [3.63, 3.8) is 0 Å². The molecule has 0 fully saturated rings. The van der Waals surface area contributed by atoms with E-state index in [0.29, 0.717) is 0 Å². The summed E-state index contributed by atoms with van der Waals surface area (Å²) in [7, 11) is 0. The Morgan fingerprint density at radius 3 is 2.96 bits per heavy atom. The molecule has 1 atom stereocenters. The lowest BCUT2D eigenvalue weighted by Crippen LogP contribution is -2.08. The topological polar surface area (TPSA) is 61.3 Å². The van der Waals surface area contributed by atoms with Crippen LogP contribution in [0.3, 0.4) is 0 Å². The van der Waals surface area contributed by atoms with Gasteiger partial charge in [0.25, 0.3) is 0 Å². The summed E-state index contributed by atoms with van der Waals surface area (Å²) in [6, 6.07) is 9.26. The van der Waals surface area contributed by atoms with Gasteiger partial charge in [0.05, 0.1) is 17.2 Å². The monoisotopic (exact) mass is 366 g/mol. The lowest BCUT2D eigenvalue weighted by molar-refractivity contribution is 0.374. The average molecular weight is 366 g/mol. The Morgan fingerprint density at radius 1 is 1.31 bits per heavy atom. The molecule has 5 heteroatoms. The first-order chi connectivity index (χ1) is 12.7. The first-order valence-electron chi connectivity index (χ1n) is 8.56. The Morgan fingerprint density at radius 2 is 2.19 bits per heavy atom. The molecule has 26 heavy (non-hydrogen) atoms. The Bertz CT molecular complexity index is 926. The van der Waals surface area contributed by atoms with Crippen LogP contribution in [0, 0.1) is 18.8 Å². The fourth-order valence-corrected chi connectivity index (χ4v) is 3.34. The van der Waals surface area contributed by atoms with Crippen molar-refractivity contribution in [1.29, 1.82) is 0 Å². The van der Waals surface area contributed by atoms with Gasteiger partial charge in [-0.15, -0.1) is 0 Å². The van der Waals surface area contributed by atoms with Gasteiger partial charge in [-0.2, -0.15) is 11.8 Å². The summed E-state index contributed by atoms with van der Waals surface area (Å²) < 4.78 is 11.9. The van der Waals surface area contributed by atoms with Gasteiger partial charge in [0.2, 0.25) is 0 Å². The molecule has 4 nitrogen and oxygen atoms in total. The van der Waals surface area contributed by atoms with Gasteiger partial charge in [-0.25, -0.2) is 0 Å². The van der Waals surface area contributed by atoms with Crippen LogP contribution in [0.25, 0.3) is 11.0 Å². The second-order valence-corrected chi connectivity index (χ2v) is 7.06. The number of aromatic nitrogens is 1. The molecule has 2 N–H and O–H groups in total. The fourth-order valence-electron chi connectivity index (χ4n) is 2.68. The number of fused-ring (bicyclic) bond motifs is 1. The quantitative estimate of drug-likeness (QED) is 0.652. The second-order valence-electron chi connectivity index (χ2n) is 5.79. The number of benzene rings is 1. The number of rotatable bonds is 6. The standard InChI is InChI=1S/C21H22N2O2S/c1-3-26-14-20-15(2)21-18(9-4-10-19(21)25-20)24-12-6-8-17(22)16-7-5-11-23-13-16/h4-5,7,9-11,13,17H,3,12,14,22H2,1-2H3. The smallest absolute Gasteiger partial charge is 0.149 e. The summed E-state index contributed by atoms with van der Waals surface area (Å²) in [6.07, 6.45) is 3.44. The van der Waals surface area contributed by atoms with Crippen LogP contribution < -0.4 is 10.5 Å². The van der Waals surface area contributed by atoms with Crippen LogP contribution in [-0.2, 0) is 5.75 Å². The molecule has 0 saturated carbocycles. The minimum absolute atomic E-state index is 0.275. The van der Waals surface area contributed by atoms with Gasteiger partial charge in [-0.05, 0) is 36.4 Å². The van der Waals surface area contributed by atoms with Crippen LogP contribution in [0.15, 0.2) is 47.1 Å². The average Bonchev–Trinajstić information content (AvgIpc) is 3.00. The molecule has 0 amide bonds. The molecule has 0 spiro atoms. The summed E-state index contributed by atoms with van der Waals surface area (Å²) >= 11 is 1.84. The van der Waals surface area contributed by atoms with Gasteiger partial charge >= 0.3 is 0 Å². The van der Waals surface area contributed by atoms with Crippen molar-refractivity contribution in [2.45, 2.75) is 25.6 Å². The zero-order valence-electron chi connectivity index (χ0n) is 15.0. The molecule has 2 heterocycles. The third kappa shape index (κ3) is 4.21. The molecular formula is C21H22N2O2S. The molecule has 0 aliphatic heterocycles. The number of aryl methyl sites for hydroxylation is 1. The Balaban J connectivity index is 1.72. The van der Waals surface area contributed by atoms with Crippen molar-refractivity contribution in [2.75, 3.05) is 12.4 Å². The van der Waals surface area contributed by atoms with Crippen LogP contribution in [-0.4, -0.2) is 17.3 Å². The zero-order valence-corrected chi connectivity index (χ0v) is 15.8. The van der Waals surface area contributed by atoms with Gasteiger partial charge in [0, 0.05) is 18.0 Å². The predicted octanol–water partition coefficient (Wildman–Crippen LogP) is 4.47. The molecule has 0 radical (unpaired) electrons. The van der Waals surface area contributed by atoms with Crippen molar-refractivity contribution in [3.8, 4) is 17.6 Å². The molecule has 3 aromatic rings. The van der Waals surface area contributed by atoms with Crippen molar-refractivity contribution in [2.24, 2.45) is 5.73 Å². The number of thioether (sulfide) groups is 1. The molecule has 3 rings (SSSR count).